The van der Waals surface area contributed by atoms with Gasteiger partial charge in [0.25, 0.3) is 0 Å². The first-order valence-electron chi connectivity index (χ1n) is 5.27. The highest BCUT2D eigenvalue weighted by Crippen LogP contribution is 2.28. The van der Waals surface area contributed by atoms with E-state index in [1.165, 1.54) is 6.92 Å². The van der Waals surface area contributed by atoms with Gasteiger partial charge in [0.2, 0.25) is 6.20 Å². The van der Waals surface area contributed by atoms with Crippen LogP contribution in [-0.2, 0) is 15.9 Å². The Morgan fingerprint density at radius 2 is 2.05 bits per heavy atom. The third kappa shape index (κ3) is 3.59. The minimum absolute atomic E-state index is 0.106. The highest BCUT2D eigenvalue weighted by atomic mass is 32.2. The molecule has 3 N–H and O–H groups in total. The fourth-order valence-corrected chi connectivity index (χ4v) is 2.64. The molecular weight excluding hydrogens is 299 g/mol. The summed E-state index contributed by atoms with van der Waals surface area (Å²) in [6.07, 6.45) is -2.79. The maximum Gasteiger partial charge on any atom is 0.482 e. The summed E-state index contributed by atoms with van der Waals surface area (Å²) in [6, 6.07) is 0.569. The lowest BCUT2D eigenvalue weighted by Crippen LogP contribution is -2.40. The van der Waals surface area contributed by atoms with Gasteiger partial charge in [0.1, 0.15) is 0 Å². The molecule has 20 heavy (non-hydrogen) atoms. The van der Waals surface area contributed by atoms with E-state index in [1.807, 2.05) is 0 Å². The lowest BCUT2D eigenvalue weighted by molar-refractivity contribution is -0.915. The van der Waals surface area contributed by atoms with Crippen molar-refractivity contribution in [2.24, 2.45) is 10.1 Å². The summed E-state index contributed by atoms with van der Waals surface area (Å²) in [5.41, 5.74) is 3.67. The summed E-state index contributed by atoms with van der Waals surface area (Å²) in [7, 11) is -3.08. The lowest BCUT2D eigenvalue weighted by Gasteiger charge is -2.12. The first-order chi connectivity index (χ1) is 8.95. The van der Waals surface area contributed by atoms with Crippen LogP contribution in [0.15, 0.2) is 22.7 Å². The van der Waals surface area contributed by atoms with E-state index in [0.29, 0.717) is 6.07 Å². The number of primary amides is 1. The van der Waals surface area contributed by atoms with Crippen LogP contribution in [0.1, 0.15) is 23.4 Å². The van der Waals surface area contributed by atoms with Crippen molar-refractivity contribution in [2.75, 3.05) is 6.26 Å². The van der Waals surface area contributed by atoms with Crippen molar-refractivity contribution in [2.45, 2.75) is 18.3 Å². The molecule has 0 aromatic carbocycles. The maximum absolute atomic E-state index is 12.5. The van der Waals surface area contributed by atoms with Crippen molar-refractivity contribution in [1.82, 2.24) is 0 Å². The number of alkyl halides is 3. The van der Waals surface area contributed by atoms with Crippen molar-refractivity contribution >= 4 is 15.8 Å². The van der Waals surface area contributed by atoms with Crippen LogP contribution in [0.4, 0.5) is 18.0 Å². The van der Waals surface area contributed by atoms with E-state index in [9.17, 15) is 27.4 Å². The zero-order chi connectivity index (χ0) is 15.7. The number of pyridine rings is 1. The summed E-state index contributed by atoms with van der Waals surface area (Å²) in [4.78, 5) is 10.7. The third-order valence-electron chi connectivity index (χ3n) is 2.64. The summed E-state index contributed by atoms with van der Waals surface area (Å²) in [5.74, 6) is 0. The molecule has 0 spiro atoms. The summed E-state index contributed by atoms with van der Waals surface area (Å²) in [5, 5.41) is 8.41. The number of nitrogens with two attached hydrogens (primary N) is 1. The average molecular weight is 312 g/mol. The van der Waals surface area contributed by atoms with Gasteiger partial charge in [0.05, 0.1) is 15.0 Å². The van der Waals surface area contributed by atoms with Crippen LogP contribution >= 0.6 is 0 Å². The van der Waals surface area contributed by atoms with Crippen LogP contribution in [-0.4, -0.2) is 21.7 Å². The van der Waals surface area contributed by atoms with Gasteiger partial charge in [-0.25, -0.2) is 9.00 Å². The zero-order valence-corrected chi connectivity index (χ0v) is 11.4. The second kappa shape index (κ2) is 5.27. The van der Waals surface area contributed by atoms with Gasteiger partial charge >= 0.3 is 17.9 Å². The number of amides is 2. The van der Waals surface area contributed by atoms with Crippen molar-refractivity contribution in [3.8, 4) is 0 Å². The molecular formula is C10H13F3N3O3S+. The van der Waals surface area contributed by atoms with Gasteiger partial charge in [-0.3, -0.25) is 5.21 Å². The number of hydrogen-bond donors (Lipinski definition) is 2. The zero-order valence-electron chi connectivity index (χ0n) is 10.6. The lowest BCUT2D eigenvalue weighted by atomic mass is 10.2. The Kier molecular flexibility index (Phi) is 4.27. The molecule has 1 rings (SSSR count). The molecule has 0 saturated heterocycles. The van der Waals surface area contributed by atoms with E-state index in [1.54, 1.807) is 0 Å². The van der Waals surface area contributed by atoms with Gasteiger partial charge < -0.3 is 5.73 Å². The topological polar surface area (TPSA) is 96.6 Å². The SMILES string of the molecule is CC(c1ccc(C(F)(F)F)[n+](O)c1)S(C)(=O)=NC(N)=O. The van der Waals surface area contributed by atoms with E-state index >= 15 is 0 Å². The van der Waals surface area contributed by atoms with Crippen LogP contribution in [0.5, 0.6) is 0 Å². The molecule has 1 heterocycles. The molecule has 1 aromatic rings. The molecule has 0 bridgehead atoms. The Morgan fingerprint density at radius 3 is 2.45 bits per heavy atom. The standard InChI is InChI=1S/C10H12F3N3O3S/c1-6(20(2,19)15-9(14)17)7-3-4-8(10(11,12)13)16(18)5-7/h3-6H,1-2H3,(H2-,14,17,18)/p+1. The number of halogens is 3. The van der Waals surface area contributed by atoms with Crippen molar-refractivity contribution in [1.29, 1.82) is 0 Å². The number of carbonyl (C=O) groups excluding carboxylic acids is 1. The van der Waals surface area contributed by atoms with Crippen molar-refractivity contribution in [3.63, 3.8) is 0 Å². The summed E-state index contributed by atoms with van der Waals surface area (Å²) in [6.45, 7) is 1.40. The van der Waals surface area contributed by atoms with Crippen LogP contribution < -0.4 is 10.5 Å². The molecule has 6 nitrogen and oxygen atoms in total. The molecule has 2 atom stereocenters. The van der Waals surface area contributed by atoms with Gasteiger partial charge in [-0.2, -0.15) is 13.2 Å². The second-order valence-electron chi connectivity index (χ2n) is 4.12. The van der Waals surface area contributed by atoms with Crippen LogP contribution in [0.3, 0.4) is 0 Å². The molecule has 0 aliphatic carbocycles. The number of hydrogen-bond acceptors (Lipinski definition) is 3. The Bertz CT molecular complexity index is 651. The second-order valence-corrected chi connectivity index (χ2v) is 6.73. The largest absolute Gasteiger partial charge is 0.482 e. The Labute approximate surface area is 113 Å². The average Bonchev–Trinajstić information content (AvgIpc) is 2.24. The number of carbonyl (C=O) groups is 1. The highest BCUT2D eigenvalue weighted by molar-refractivity contribution is 7.93. The van der Waals surface area contributed by atoms with E-state index in [0.717, 1.165) is 18.5 Å². The van der Waals surface area contributed by atoms with Crippen molar-refractivity contribution < 1.29 is 32.1 Å². The third-order valence-corrected chi connectivity index (χ3v) is 4.77. The Morgan fingerprint density at radius 1 is 1.50 bits per heavy atom. The van der Waals surface area contributed by atoms with Gasteiger partial charge in [-0.05, 0) is 13.0 Å². The molecule has 0 fully saturated rings. The molecule has 0 saturated carbocycles. The predicted octanol–water partition coefficient (Wildman–Crippen LogP) is 1.47. The molecule has 10 heteroatoms. The molecule has 0 aliphatic rings. The monoisotopic (exact) mass is 312 g/mol. The molecule has 1 aromatic heterocycles. The molecule has 112 valence electrons. The van der Waals surface area contributed by atoms with E-state index < -0.39 is 32.9 Å². The normalized spacial score (nSPS) is 16.2. The van der Waals surface area contributed by atoms with Gasteiger partial charge in [0.15, 0.2) is 0 Å². The van der Waals surface area contributed by atoms with E-state index in [4.69, 9.17) is 5.73 Å². The minimum atomic E-state index is -4.72. The molecule has 0 aliphatic heterocycles. The number of urea groups is 1. The van der Waals surface area contributed by atoms with Crippen LogP contribution in [0.25, 0.3) is 0 Å². The van der Waals surface area contributed by atoms with Gasteiger partial charge in [-0.15, -0.1) is 4.36 Å². The first kappa shape index (κ1) is 16.2. The molecule has 2 unspecified atom stereocenters. The van der Waals surface area contributed by atoms with E-state index in [2.05, 4.69) is 4.36 Å². The quantitative estimate of drug-likeness (QED) is 0.639. The predicted molar refractivity (Wildman–Crippen MR) is 63.3 cm³/mol. The minimum Gasteiger partial charge on any atom is -0.349 e. The fraction of sp³-hybridized carbons (Fsp3) is 0.400. The fourth-order valence-electron chi connectivity index (χ4n) is 1.48. The van der Waals surface area contributed by atoms with Gasteiger partial charge in [-0.1, -0.05) is 0 Å². The smallest absolute Gasteiger partial charge is 0.349 e. The number of aromatic nitrogens is 1. The number of rotatable bonds is 2. The van der Waals surface area contributed by atoms with E-state index in [-0.39, 0.29) is 10.3 Å². The Hall–Kier alpha value is -1.84. The number of nitrogens with zero attached hydrogens (tertiary/aromatic N) is 2. The van der Waals surface area contributed by atoms with Crippen LogP contribution in [0, 0.1) is 0 Å². The highest BCUT2D eigenvalue weighted by Gasteiger charge is 2.42. The van der Waals surface area contributed by atoms with Gasteiger partial charge in [0, 0.05) is 22.6 Å². The Balaban J connectivity index is 3.27. The molecule has 0 radical (unpaired) electrons. The maximum atomic E-state index is 12.5. The summed E-state index contributed by atoms with van der Waals surface area (Å²) >= 11 is 0. The van der Waals surface area contributed by atoms with Crippen molar-refractivity contribution in [3.05, 3.63) is 29.6 Å². The van der Waals surface area contributed by atoms with Crippen LogP contribution in [0.2, 0.25) is 0 Å². The first-order valence-corrected chi connectivity index (χ1v) is 7.26. The molecule has 2 amide bonds. The summed E-state index contributed by atoms with van der Waals surface area (Å²) < 4.78 is 52.7.